The fourth-order valence-corrected chi connectivity index (χ4v) is 3.22. The molecule has 0 aliphatic heterocycles. The van der Waals surface area contributed by atoms with Crippen molar-refractivity contribution in [2.75, 3.05) is 0 Å². The smallest absolute Gasteiger partial charge is 0.142 e. The molecule has 0 saturated heterocycles. The van der Waals surface area contributed by atoms with Crippen molar-refractivity contribution in [3.63, 3.8) is 0 Å². The van der Waals surface area contributed by atoms with Crippen LogP contribution in [-0.4, -0.2) is 27.7 Å². The lowest BCUT2D eigenvalue weighted by Gasteiger charge is -2.08. The van der Waals surface area contributed by atoms with Gasteiger partial charge in [-0.25, -0.2) is 4.68 Å². The number of nitrogens with one attached hydrogen (secondary N) is 3. The van der Waals surface area contributed by atoms with Gasteiger partial charge in [0.25, 0.3) is 0 Å². The fourth-order valence-electron chi connectivity index (χ4n) is 2.38. The van der Waals surface area contributed by atoms with E-state index in [-0.39, 0.29) is 0 Å². The Kier molecular flexibility index (Phi) is 7.01. The second-order valence-corrected chi connectivity index (χ2v) is 6.50. The van der Waals surface area contributed by atoms with Crippen molar-refractivity contribution >= 4 is 41.2 Å². The molecule has 2 heterocycles. The van der Waals surface area contributed by atoms with Gasteiger partial charge in [0.05, 0.1) is 17.1 Å². The lowest BCUT2D eigenvalue weighted by Crippen LogP contribution is -2.21. The highest BCUT2D eigenvalue weighted by atomic mass is 32.2. The van der Waals surface area contributed by atoms with E-state index >= 15 is 0 Å². The zero-order valence-electron chi connectivity index (χ0n) is 14.9. The minimum atomic E-state index is 0.381. The van der Waals surface area contributed by atoms with Gasteiger partial charge in [0.2, 0.25) is 0 Å². The van der Waals surface area contributed by atoms with Crippen molar-refractivity contribution in [2.24, 2.45) is 5.73 Å². The summed E-state index contributed by atoms with van der Waals surface area (Å²) < 4.78 is 1.67. The number of benzene rings is 1. The second kappa shape index (κ2) is 9.44. The molecule has 0 spiro atoms. The summed E-state index contributed by atoms with van der Waals surface area (Å²) in [6.07, 6.45) is 4.35. The Hall–Kier alpha value is -3.26. The van der Waals surface area contributed by atoms with Crippen LogP contribution in [0, 0.1) is 23.2 Å². The zero-order valence-corrected chi connectivity index (χ0v) is 15.8. The van der Waals surface area contributed by atoms with E-state index in [1.165, 1.54) is 12.4 Å². The second-order valence-electron chi connectivity index (χ2n) is 5.48. The number of hydrogen-bond acceptors (Lipinski definition) is 7. The van der Waals surface area contributed by atoms with Crippen molar-refractivity contribution in [1.29, 1.82) is 16.2 Å². The largest absolute Gasteiger partial charge is 0.404 e. The van der Waals surface area contributed by atoms with Gasteiger partial charge in [-0.15, -0.1) is 11.8 Å². The van der Waals surface area contributed by atoms with E-state index in [1.807, 2.05) is 31.2 Å². The molecule has 3 rings (SSSR count). The van der Waals surface area contributed by atoms with Gasteiger partial charge in [0.15, 0.2) is 0 Å². The maximum atomic E-state index is 7.92. The molecular weight excluding hydrogens is 358 g/mol. The molecular formula is C19H21N7S. The zero-order chi connectivity index (χ0) is 19.8. The number of pyridine rings is 1. The number of hydrogen-bond donors (Lipinski definition) is 4. The summed E-state index contributed by atoms with van der Waals surface area (Å²) in [6.45, 7) is 4.41. The van der Waals surface area contributed by atoms with E-state index in [1.54, 1.807) is 28.7 Å². The van der Waals surface area contributed by atoms with Gasteiger partial charge in [-0.1, -0.05) is 0 Å². The first-order valence-electron chi connectivity index (χ1n) is 8.01. The molecule has 8 heteroatoms. The lowest BCUT2D eigenvalue weighted by molar-refractivity contribution is 0.656. The molecule has 0 fully saturated rings. The summed E-state index contributed by atoms with van der Waals surface area (Å²) in [6, 6.07) is 11.6. The molecule has 0 aliphatic rings. The van der Waals surface area contributed by atoms with Crippen molar-refractivity contribution in [1.82, 2.24) is 14.8 Å². The van der Waals surface area contributed by atoms with Crippen molar-refractivity contribution in [3.05, 3.63) is 65.5 Å². The number of nitrogens with two attached hydrogens (primary N) is 1. The number of aromatic nitrogens is 3. The molecule has 1 aromatic carbocycles. The molecule has 0 radical (unpaired) electrons. The summed E-state index contributed by atoms with van der Waals surface area (Å²) in [4.78, 5) is 5.49. The SMILES string of the molecule is C=N.Cc1ccc(=N)n(CSc2ccc3ncc(/C(C=N)=C/N)cc3c2)n1. The fraction of sp³-hybridized carbons (Fsp3) is 0.105. The van der Waals surface area contributed by atoms with E-state index < -0.39 is 0 Å². The van der Waals surface area contributed by atoms with Crippen LogP contribution in [0.15, 0.2) is 53.7 Å². The Morgan fingerprint density at radius 2 is 2.04 bits per heavy atom. The molecule has 0 unspecified atom stereocenters. The van der Waals surface area contributed by atoms with Gasteiger partial charge >= 0.3 is 0 Å². The Labute approximate surface area is 161 Å². The Balaban J connectivity index is 0.00000126. The molecule has 7 nitrogen and oxygen atoms in total. The summed E-state index contributed by atoms with van der Waals surface area (Å²) in [7, 11) is 0. The Morgan fingerprint density at radius 1 is 1.26 bits per heavy atom. The van der Waals surface area contributed by atoms with Gasteiger partial charge in [0.1, 0.15) is 5.49 Å². The summed E-state index contributed by atoms with van der Waals surface area (Å²) in [5.74, 6) is 0.563. The number of thioether (sulfide) groups is 1. The quantitative estimate of drug-likeness (QED) is 0.401. The average molecular weight is 379 g/mol. The lowest BCUT2D eigenvalue weighted by atomic mass is 10.1. The molecule has 0 aliphatic carbocycles. The first-order valence-corrected chi connectivity index (χ1v) is 8.99. The summed E-state index contributed by atoms with van der Waals surface area (Å²) >= 11 is 1.61. The molecule has 0 amide bonds. The van der Waals surface area contributed by atoms with Crippen LogP contribution in [0.4, 0.5) is 0 Å². The van der Waals surface area contributed by atoms with E-state index in [4.69, 9.17) is 22.0 Å². The van der Waals surface area contributed by atoms with Crippen molar-refractivity contribution in [3.8, 4) is 0 Å². The van der Waals surface area contributed by atoms with Crippen LogP contribution in [0.2, 0.25) is 0 Å². The maximum absolute atomic E-state index is 7.92. The minimum Gasteiger partial charge on any atom is -0.404 e. The van der Waals surface area contributed by atoms with Crippen LogP contribution in [0.1, 0.15) is 11.3 Å². The molecule has 5 N–H and O–H groups in total. The van der Waals surface area contributed by atoms with Crippen molar-refractivity contribution < 1.29 is 0 Å². The molecule has 0 atom stereocenters. The number of nitrogens with zero attached hydrogens (tertiary/aromatic N) is 3. The number of aryl methyl sites for hydroxylation is 1. The third kappa shape index (κ3) is 4.89. The van der Waals surface area contributed by atoms with Gasteiger partial charge in [-0.05, 0) is 50.0 Å². The van der Waals surface area contributed by atoms with E-state index in [9.17, 15) is 0 Å². The van der Waals surface area contributed by atoms with Crippen LogP contribution in [-0.2, 0) is 5.88 Å². The molecule has 0 saturated carbocycles. The van der Waals surface area contributed by atoms with Gasteiger partial charge in [0, 0.05) is 40.0 Å². The third-order valence-corrected chi connectivity index (χ3v) is 4.67. The van der Waals surface area contributed by atoms with E-state index in [0.29, 0.717) is 16.9 Å². The monoisotopic (exact) mass is 379 g/mol. The highest BCUT2D eigenvalue weighted by Gasteiger charge is 2.04. The van der Waals surface area contributed by atoms with E-state index in [0.717, 1.165) is 27.1 Å². The molecule has 138 valence electrons. The third-order valence-electron chi connectivity index (χ3n) is 3.71. The maximum Gasteiger partial charge on any atom is 0.142 e. The number of fused-ring (bicyclic) bond motifs is 1. The predicted molar refractivity (Wildman–Crippen MR) is 111 cm³/mol. The highest BCUT2D eigenvalue weighted by molar-refractivity contribution is 7.98. The summed E-state index contributed by atoms with van der Waals surface area (Å²) in [5, 5.41) is 26.2. The first-order chi connectivity index (χ1) is 13.1. The van der Waals surface area contributed by atoms with Gasteiger partial charge in [-0.3, -0.25) is 10.4 Å². The van der Waals surface area contributed by atoms with E-state index in [2.05, 4.69) is 22.9 Å². The topological polar surface area (TPSA) is 128 Å². The molecule has 3 aromatic rings. The first kappa shape index (κ1) is 20.1. The summed E-state index contributed by atoms with van der Waals surface area (Å²) in [5.41, 5.74) is 9.15. The van der Waals surface area contributed by atoms with Crippen LogP contribution in [0.3, 0.4) is 0 Å². The highest BCUT2D eigenvalue weighted by Crippen LogP contribution is 2.25. The standard InChI is InChI=1S/C18H18N6S.CH3N/c1-12-2-5-18(21)24(23-12)11-25-16-3-4-17-13(7-16)6-14(10-22-17)15(8-19)9-20;1-2/h2-10,19,21H,11,20H2,1H3;2H,1H2/b15-9+,19-8?,21-18?;. The average Bonchev–Trinajstić information content (AvgIpc) is 2.71. The minimum absolute atomic E-state index is 0.381. The van der Waals surface area contributed by atoms with Gasteiger partial charge < -0.3 is 16.6 Å². The Morgan fingerprint density at radius 3 is 2.74 bits per heavy atom. The van der Waals surface area contributed by atoms with Crippen LogP contribution >= 0.6 is 11.8 Å². The number of rotatable bonds is 5. The van der Waals surface area contributed by atoms with Crippen LogP contribution in [0.25, 0.3) is 16.5 Å². The van der Waals surface area contributed by atoms with Gasteiger partial charge in [-0.2, -0.15) is 5.10 Å². The normalized spacial score (nSPS) is 10.9. The molecule has 0 bridgehead atoms. The number of allylic oxidation sites excluding steroid dienone is 1. The Bertz CT molecular complexity index is 1040. The van der Waals surface area contributed by atoms with Crippen LogP contribution in [0.5, 0.6) is 0 Å². The predicted octanol–water partition coefficient (Wildman–Crippen LogP) is 3.18. The van der Waals surface area contributed by atoms with Crippen LogP contribution < -0.4 is 11.2 Å². The molecule has 2 aromatic heterocycles. The van der Waals surface area contributed by atoms with Crippen molar-refractivity contribution in [2.45, 2.75) is 17.7 Å². The molecule has 27 heavy (non-hydrogen) atoms.